The standard InChI is InChI=1S/C72H40N6O/c1-74-67-69(75-56-32-11-4-23-46(56)47-24-5-12-33-57(47)75)55(42-73)70(76-58-34-13-6-25-48(58)49-26-7-14-35-59(49)76)72(71(67)77-60-36-15-8-27-50(60)51-28-9-16-37-61(51)77)78-62-38-19-31-52(45-30-18-21-43-20-2-3-22-44(43)45)65(62)54-40-41-64-66(68(54)78)53-29-10-17-39-63(53)79-64/h2-41H/i2D,3D,4D,5D,6D,7D,8D,9D,11D,12D,13D,14D,15D,16D,18D,20D,21D,22D,23D,24D,25D,26D,27D,28D,30D,32D,33D,34D,35D,36D,37D. The Kier molecular flexibility index (Phi) is 4.72. The lowest BCUT2D eigenvalue weighted by Gasteiger charge is -2.27. The summed E-state index contributed by atoms with van der Waals surface area (Å²) < 4.78 is 306. The van der Waals surface area contributed by atoms with Crippen molar-refractivity contribution in [1.82, 2.24) is 18.3 Å². The average Bonchev–Trinajstić information content (AvgIpc) is 1.49. The van der Waals surface area contributed by atoms with E-state index in [1.165, 1.54) is 34.9 Å². The maximum Gasteiger partial charge on any atom is 0.237 e. The number of benzene rings is 12. The van der Waals surface area contributed by atoms with Gasteiger partial charge in [0.2, 0.25) is 5.69 Å². The molecule has 79 heavy (non-hydrogen) atoms. The lowest BCUT2D eigenvalue weighted by molar-refractivity contribution is 0.669. The highest BCUT2D eigenvalue weighted by Crippen LogP contribution is 2.54. The fourth-order valence-corrected chi connectivity index (χ4v) is 11.5. The zero-order chi connectivity index (χ0) is 79.0. The van der Waals surface area contributed by atoms with Crippen molar-refractivity contribution in [1.29, 1.82) is 5.26 Å². The molecule has 0 fully saturated rings. The number of fused-ring (bicyclic) bond motifs is 17. The zero-order valence-corrected chi connectivity index (χ0v) is 39.8. The third kappa shape index (κ3) is 5.72. The Morgan fingerprint density at radius 3 is 1.43 bits per heavy atom. The number of para-hydroxylation sites is 7. The van der Waals surface area contributed by atoms with Crippen molar-refractivity contribution in [3.63, 3.8) is 0 Å². The van der Waals surface area contributed by atoms with E-state index in [0.717, 1.165) is 13.7 Å². The van der Waals surface area contributed by atoms with Crippen molar-refractivity contribution in [3.05, 3.63) is 259 Å². The first-order valence-electron chi connectivity index (χ1n) is 39.5. The lowest BCUT2D eigenvalue weighted by Crippen LogP contribution is -2.14. The molecule has 0 spiro atoms. The summed E-state index contributed by atoms with van der Waals surface area (Å²) in [5, 5.41) is 8.33. The van der Waals surface area contributed by atoms with Gasteiger partial charge in [-0.15, -0.1) is 0 Å². The van der Waals surface area contributed by atoms with Gasteiger partial charge in [0.15, 0.2) is 0 Å². The minimum Gasteiger partial charge on any atom is -0.456 e. The summed E-state index contributed by atoms with van der Waals surface area (Å²) in [5.74, 6) is 0. The van der Waals surface area contributed by atoms with Gasteiger partial charge in [-0.2, -0.15) is 5.26 Å². The number of aromatic nitrogens is 4. The normalized spacial score (nSPS) is 17.5. The molecule has 0 aliphatic carbocycles. The molecule has 0 atom stereocenters. The van der Waals surface area contributed by atoms with E-state index >= 15 is 0 Å². The molecule has 17 rings (SSSR count). The Bertz CT molecular complexity index is 7080. The Morgan fingerprint density at radius 2 is 0.873 bits per heavy atom. The molecule has 7 nitrogen and oxygen atoms in total. The Balaban J connectivity index is 1.32. The predicted molar refractivity (Wildman–Crippen MR) is 325 cm³/mol. The monoisotopic (exact) mass is 1040 g/mol. The van der Waals surface area contributed by atoms with Crippen molar-refractivity contribution < 1.29 is 46.9 Å². The molecule has 0 aliphatic heterocycles. The molecule has 0 radical (unpaired) electrons. The van der Waals surface area contributed by atoms with E-state index in [0.29, 0.717) is 0 Å². The van der Waals surface area contributed by atoms with Gasteiger partial charge >= 0.3 is 0 Å². The first-order chi connectivity index (χ1) is 52.1. The quantitative estimate of drug-likeness (QED) is 0.161. The number of hydrogen-bond donors (Lipinski definition) is 0. The van der Waals surface area contributed by atoms with E-state index < -0.39 is 303 Å². The van der Waals surface area contributed by atoms with E-state index in [2.05, 4.69) is 10.9 Å². The second kappa shape index (κ2) is 16.2. The molecule has 0 amide bonds. The van der Waals surface area contributed by atoms with Crippen LogP contribution < -0.4 is 0 Å². The summed E-state index contributed by atoms with van der Waals surface area (Å²) >= 11 is 0. The molecule has 5 heterocycles. The second-order valence-corrected chi connectivity index (χ2v) is 18.2. The molecule has 0 N–H and O–H groups in total. The van der Waals surface area contributed by atoms with E-state index in [1.807, 2.05) is 0 Å². The highest BCUT2D eigenvalue weighted by Gasteiger charge is 2.35. The molecule has 0 saturated carbocycles. The molecular weight excluding hydrogens is 965 g/mol. The van der Waals surface area contributed by atoms with Crippen molar-refractivity contribution in [2.45, 2.75) is 0 Å². The SMILES string of the molecule is [2H]c1c([2H])c([2H])c2c(-c3cccc4c3c3ccc5oc6ccccc6c5c3n4-c3c(-n4c5c([2H])c([2H])c([2H])c([2H])c5c5c([2H])c([2H])c([2H])c([2H])c54)c(C#N)c(-n4c5c([2H])c([2H])c([2H])c([2H])c5c5c([2H])c([2H])c([2H])c([2H])c54)c([N+]#[C-])c3-n3c4c([2H])c([2H])c([2H])c([2H])c4c4c([2H])c([2H])c([2H])c([2H])c43)c([2H])c([2H])c([2H])c2c1[2H]. The van der Waals surface area contributed by atoms with Crippen LogP contribution in [0.4, 0.5) is 5.69 Å². The van der Waals surface area contributed by atoms with Gasteiger partial charge in [-0.25, -0.2) is 4.85 Å². The number of furan rings is 1. The van der Waals surface area contributed by atoms with Crippen LogP contribution in [-0.2, 0) is 0 Å². The van der Waals surface area contributed by atoms with E-state index in [9.17, 15) is 48.8 Å². The topological polar surface area (TPSA) is 61.0 Å². The van der Waals surface area contributed by atoms with Gasteiger partial charge in [0, 0.05) is 48.5 Å². The van der Waals surface area contributed by atoms with E-state index in [1.54, 1.807) is 24.3 Å². The van der Waals surface area contributed by atoms with Gasteiger partial charge < -0.3 is 22.7 Å². The van der Waals surface area contributed by atoms with Gasteiger partial charge in [-0.05, 0) is 82.4 Å². The van der Waals surface area contributed by atoms with Crippen molar-refractivity contribution >= 4 is 126 Å². The third-order valence-corrected chi connectivity index (χ3v) is 14.5. The maximum atomic E-state index is 13.1. The summed E-state index contributed by atoms with van der Waals surface area (Å²) in [6.45, 7) is 10.0. The van der Waals surface area contributed by atoms with Crippen LogP contribution in [0.5, 0.6) is 0 Å². The Morgan fingerprint density at radius 1 is 0.380 bits per heavy atom. The van der Waals surface area contributed by atoms with Crippen LogP contribution in [0.25, 0.3) is 159 Å². The molecule has 364 valence electrons. The highest BCUT2D eigenvalue weighted by molar-refractivity contribution is 6.28. The van der Waals surface area contributed by atoms with Gasteiger partial charge in [0.1, 0.15) is 17.2 Å². The largest absolute Gasteiger partial charge is 0.456 e. The fourth-order valence-electron chi connectivity index (χ4n) is 11.5. The van der Waals surface area contributed by atoms with Crippen molar-refractivity contribution in [2.75, 3.05) is 0 Å². The molecule has 17 aromatic rings. The summed E-state index contributed by atoms with van der Waals surface area (Å²) in [5.41, 5.74) is -11.5. The van der Waals surface area contributed by atoms with Crippen molar-refractivity contribution in [2.24, 2.45) is 0 Å². The fraction of sp³-hybridized carbons (Fsp3) is 0. The van der Waals surface area contributed by atoms with Gasteiger partial charge in [0.05, 0.1) is 127 Å². The number of hydrogen-bond acceptors (Lipinski definition) is 2. The summed E-state index contributed by atoms with van der Waals surface area (Å²) in [6, 6.07) is -14.1. The molecule has 5 aromatic heterocycles. The summed E-state index contributed by atoms with van der Waals surface area (Å²) in [6.07, 6.45) is 0. The minimum atomic E-state index is -1.09. The van der Waals surface area contributed by atoms with E-state index in [4.69, 9.17) is 9.90 Å². The Hall–Kier alpha value is -11.1. The predicted octanol–water partition coefficient (Wildman–Crippen LogP) is 19.2. The summed E-state index contributed by atoms with van der Waals surface area (Å²) in [7, 11) is 0. The number of nitrogens with zero attached hydrogens (tertiary/aromatic N) is 6. The van der Waals surface area contributed by atoms with Crippen LogP contribution >= 0.6 is 0 Å². The van der Waals surface area contributed by atoms with Crippen LogP contribution in [0.15, 0.2) is 246 Å². The molecule has 7 heteroatoms. The first kappa shape index (κ1) is 23.0. The lowest BCUT2D eigenvalue weighted by atomic mass is 9.94. The summed E-state index contributed by atoms with van der Waals surface area (Å²) in [4.78, 5) is 4.21. The molecule has 0 saturated heterocycles. The minimum absolute atomic E-state index is 0.000119. The molecule has 0 unspecified atom stereocenters. The van der Waals surface area contributed by atoms with Gasteiger partial charge in [-0.1, -0.05) is 181 Å². The third-order valence-electron chi connectivity index (χ3n) is 14.5. The van der Waals surface area contributed by atoms with Crippen LogP contribution in [0, 0.1) is 17.9 Å². The van der Waals surface area contributed by atoms with Crippen molar-refractivity contribution in [3.8, 4) is 39.9 Å². The molecular formula is C72H40N6O. The Labute approximate surface area is 494 Å². The van der Waals surface area contributed by atoms with Gasteiger partial charge in [0.25, 0.3) is 0 Å². The van der Waals surface area contributed by atoms with Crippen LogP contribution in [0.2, 0.25) is 0 Å². The van der Waals surface area contributed by atoms with Crippen LogP contribution in [-0.4, -0.2) is 18.3 Å². The van der Waals surface area contributed by atoms with Crippen LogP contribution in [0.3, 0.4) is 0 Å². The number of nitriles is 1. The molecule has 0 aliphatic rings. The molecule has 0 bridgehead atoms. The van der Waals surface area contributed by atoms with Crippen LogP contribution in [0.1, 0.15) is 48.1 Å². The smallest absolute Gasteiger partial charge is 0.237 e. The first-order valence-corrected chi connectivity index (χ1v) is 24.0. The maximum absolute atomic E-state index is 13.1. The van der Waals surface area contributed by atoms with E-state index in [-0.39, 0.29) is 49.3 Å². The zero-order valence-electron chi connectivity index (χ0n) is 70.8. The second-order valence-electron chi connectivity index (χ2n) is 18.2. The number of rotatable bonds is 5. The average molecular weight is 1040 g/mol. The highest BCUT2D eigenvalue weighted by atomic mass is 16.3. The van der Waals surface area contributed by atoms with Gasteiger partial charge in [-0.3, -0.25) is 0 Å². The molecule has 12 aromatic carbocycles.